The molecule has 0 aromatic carbocycles. The minimum Gasteiger partial charge on any atom is -0.351 e. The summed E-state index contributed by atoms with van der Waals surface area (Å²) in [5, 5.41) is 2.85. The fraction of sp³-hybridized carbons (Fsp3) is 0.625. The standard InChI is InChI=1S/C16H25N3O2/c1-12(2)14-7-6-13(16(21)18(14)3)15(20)17-8-11-19-9-4-5-10-19/h6-7,12H,4-5,8-11H2,1-3H3,(H,17,20). The normalized spacial score (nSPS) is 15.6. The minimum absolute atomic E-state index is 0.222. The van der Waals surface area contributed by atoms with Crippen molar-refractivity contribution in [3.8, 4) is 0 Å². The molecule has 0 atom stereocenters. The lowest BCUT2D eigenvalue weighted by atomic mass is 10.1. The zero-order chi connectivity index (χ0) is 15.4. The smallest absolute Gasteiger partial charge is 0.263 e. The number of aromatic nitrogens is 1. The summed E-state index contributed by atoms with van der Waals surface area (Å²) in [5.41, 5.74) is 0.941. The molecule has 0 unspecified atom stereocenters. The largest absolute Gasteiger partial charge is 0.351 e. The van der Waals surface area contributed by atoms with E-state index in [0.717, 1.165) is 25.3 Å². The van der Waals surface area contributed by atoms with Crippen molar-refractivity contribution in [2.24, 2.45) is 7.05 Å². The van der Waals surface area contributed by atoms with E-state index in [-0.39, 0.29) is 22.9 Å². The quantitative estimate of drug-likeness (QED) is 0.890. The molecule has 1 saturated heterocycles. The highest BCUT2D eigenvalue weighted by Crippen LogP contribution is 2.11. The lowest BCUT2D eigenvalue weighted by Gasteiger charge is -2.15. The van der Waals surface area contributed by atoms with Gasteiger partial charge < -0.3 is 14.8 Å². The van der Waals surface area contributed by atoms with Crippen LogP contribution >= 0.6 is 0 Å². The summed E-state index contributed by atoms with van der Waals surface area (Å²) in [6.45, 7) is 7.74. The van der Waals surface area contributed by atoms with Crippen LogP contribution in [-0.2, 0) is 7.05 Å². The predicted molar refractivity (Wildman–Crippen MR) is 83.8 cm³/mol. The van der Waals surface area contributed by atoms with Gasteiger partial charge in [-0.15, -0.1) is 0 Å². The summed E-state index contributed by atoms with van der Waals surface area (Å²) in [6.07, 6.45) is 2.48. The second-order valence-corrected chi connectivity index (χ2v) is 6.00. The van der Waals surface area contributed by atoms with E-state index in [9.17, 15) is 9.59 Å². The summed E-state index contributed by atoms with van der Waals surface area (Å²) in [5.74, 6) is -0.0138. The van der Waals surface area contributed by atoms with Crippen LogP contribution in [0.2, 0.25) is 0 Å². The Hall–Kier alpha value is -1.62. The maximum absolute atomic E-state index is 12.2. The Bertz CT molecular complexity index is 557. The summed E-state index contributed by atoms with van der Waals surface area (Å²) >= 11 is 0. The Morgan fingerprint density at radius 2 is 1.95 bits per heavy atom. The lowest BCUT2D eigenvalue weighted by molar-refractivity contribution is 0.0947. The number of carbonyl (C=O) groups is 1. The third kappa shape index (κ3) is 3.73. The van der Waals surface area contributed by atoms with Gasteiger partial charge in [-0.25, -0.2) is 0 Å². The molecule has 0 aliphatic carbocycles. The number of nitrogens with zero attached hydrogens (tertiary/aromatic N) is 2. The van der Waals surface area contributed by atoms with Gasteiger partial charge in [0.05, 0.1) is 0 Å². The number of nitrogens with one attached hydrogen (secondary N) is 1. The molecule has 0 radical (unpaired) electrons. The highest BCUT2D eigenvalue weighted by Gasteiger charge is 2.15. The second-order valence-electron chi connectivity index (χ2n) is 6.00. The molecule has 1 aliphatic heterocycles. The average molecular weight is 291 g/mol. The molecule has 0 saturated carbocycles. The van der Waals surface area contributed by atoms with Crippen LogP contribution in [-0.4, -0.2) is 41.6 Å². The van der Waals surface area contributed by atoms with Crippen molar-refractivity contribution < 1.29 is 4.79 Å². The SMILES string of the molecule is CC(C)c1ccc(C(=O)NCCN2CCCC2)c(=O)n1C. The first-order chi connectivity index (χ1) is 10.0. The number of likely N-dealkylation sites (tertiary alicyclic amines) is 1. The number of amides is 1. The van der Waals surface area contributed by atoms with E-state index in [1.54, 1.807) is 17.7 Å². The van der Waals surface area contributed by atoms with Crippen molar-refractivity contribution in [2.75, 3.05) is 26.2 Å². The van der Waals surface area contributed by atoms with Crippen LogP contribution in [0.5, 0.6) is 0 Å². The number of pyridine rings is 1. The van der Waals surface area contributed by atoms with Gasteiger partial charge in [0.1, 0.15) is 5.56 Å². The minimum atomic E-state index is -0.273. The van der Waals surface area contributed by atoms with Crippen molar-refractivity contribution in [1.29, 1.82) is 0 Å². The molecule has 1 fully saturated rings. The van der Waals surface area contributed by atoms with Crippen molar-refractivity contribution in [3.63, 3.8) is 0 Å². The molecule has 1 aromatic rings. The Labute approximate surface area is 126 Å². The van der Waals surface area contributed by atoms with Crippen molar-refractivity contribution in [1.82, 2.24) is 14.8 Å². The molecular formula is C16H25N3O2. The van der Waals surface area contributed by atoms with Gasteiger partial charge in [-0.3, -0.25) is 9.59 Å². The summed E-state index contributed by atoms with van der Waals surface area (Å²) in [4.78, 5) is 26.7. The number of rotatable bonds is 5. The highest BCUT2D eigenvalue weighted by molar-refractivity contribution is 5.93. The molecule has 2 rings (SSSR count). The van der Waals surface area contributed by atoms with Gasteiger partial charge in [0, 0.05) is 25.8 Å². The molecule has 2 heterocycles. The third-order valence-corrected chi connectivity index (χ3v) is 4.09. The van der Waals surface area contributed by atoms with Crippen LogP contribution in [0.3, 0.4) is 0 Å². The molecule has 1 amide bonds. The van der Waals surface area contributed by atoms with Crippen LogP contribution < -0.4 is 10.9 Å². The molecule has 1 aliphatic rings. The van der Waals surface area contributed by atoms with E-state index in [2.05, 4.69) is 10.2 Å². The Morgan fingerprint density at radius 1 is 1.29 bits per heavy atom. The number of hydrogen-bond donors (Lipinski definition) is 1. The topological polar surface area (TPSA) is 54.3 Å². The highest BCUT2D eigenvalue weighted by atomic mass is 16.2. The number of hydrogen-bond acceptors (Lipinski definition) is 3. The van der Waals surface area contributed by atoms with Crippen molar-refractivity contribution in [2.45, 2.75) is 32.6 Å². The van der Waals surface area contributed by atoms with E-state index in [4.69, 9.17) is 0 Å². The van der Waals surface area contributed by atoms with Crippen LogP contribution in [0, 0.1) is 0 Å². The zero-order valence-electron chi connectivity index (χ0n) is 13.2. The monoisotopic (exact) mass is 291 g/mol. The van der Waals surface area contributed by atoms with Gasteiger partial charge in [-0.1, -0.05) is 13.8 Å². The van der Waals surface area contributed by atoms with E-state index in [0.29, 0.717) is 6.54 Å². The Kier molecular flexibility index (Phi) is 5.17. The van der Waals surface area contributed by atoms with Crippen LogP contribution in [0.4, 0.5) is 0 Å². The molecule has 21 heavy (non-hydrogen) atoms. The van der Waals surface area contributed by atoms with Crippen LogP contribution in [0.1, 0.15) is 48.7 Å². The summed E-state index contributed by atoms with van der Waals surface area (Å²) < 4.78 is 1.57. The molecule has 116 valence electrons. The fourth-order valence-electron chi connectivity index (χ4n) is 2.83. The molecule has 0 spiro atoms. The Morgan fingerprint density at radius 3 is 2.57 bits per heavy atom. The maximum Gasteiger partial charge on any atom is 0.263 e. The van der Waals surface area contributed by atoms with Crippen LogP contribution in [0.25, 0.3) is 0 Å². The van der Waals surface area contributed by atoms with Crippen molar-refractivity contribution in [3.05, 3.63) is 33.7 Å². The van der Waals surface area contributed by atoms with E-state index in [1.165, 1.54) is 12.8 Å². The average Bonchev–Trinajstić information content (AvgIpc) is 2.94. The number of carbonyl (C=O) groups excluding carboxylic acids is 1. The fourth-order valence-corrected chi connectivity index (χ4v) is 2.83. The first-order valence-electron chi connectivity index (χ1n) is 7.71. The third-order valence-electron chi connectivity index (χ3n) is 4.09. The van der Waals surface area contributed by atoms with E-state index in [1.807, 2.05) is 19.9 Å². The first-order valence-corrected chi connectivity index (χ1v) is 7.71. The molecular weight excluding hydrogens is 266 g/mol. The lowest BCUT2D eigenvalue weighted by Crippen LogP contribution is -2.37. The molecule has 1 N–H and O–H groups in total. The summed E-state index contributed by atoms with van der Waals surface area (Å²) in [6, 6.07) is 3.50. The Balaban J connectivity index is 1.99. The molecule has 1 aromatic heterocycles. The molecule has 5 nitrogen and oxygen atoms in total. The van der Waals surface area contributed by atoms with Gasteiger partial charge in [0.2, 0.25) is 0 Å². The second kappa shape index (κ2) is 6.89. The predicted octanol–water partition coefficient (Wildman–Crippen LogP) is 1.33. The van der Waals surface area contributed by atoms with Gasteiger partial charge in [-0.05, 0) is 44.0 Å². The van der Waals surface area contributed by atoms with Gasteiger partial charge in [0.15, 0.2) is 0 Å². The van der Waals surface area contributed by atoms with E-state index >= 15 is 0 Å². The first kappa shape index (κ1) is 15.8. The summed E-state index contributed by atoms with van der Waals surface area (Å²) in [7, 11) is 1.72. The van der Waals surface area contributed by atoms with Gasteiger partial charge >= 0.3 is 0 Å². The van der Waals surface area contributed by atoms with Crippen LogP contribution in [0.15, 0.2) is 16.9 Å². The zero-order valence-corrected chi connectivity index (χ0v) is 13.2. The van der Waals surface area contributed by atoms with E-state index < -0.39 is 0 Å². The van der Waals surface area contributed by atoms with Gasteiger partial charge in [0.25, 0.3) is 11.5 Å². The molecule has 5 heteroatoms. The molecule has 0 bridgehead atoms. The maximum atomic E-state index is 12.2. The van der Waals surface area contributed by atoms with Gasteiger partial charge in [-0.2, -0.15) is 0 Å². The van der Waals surface area contributed by atoms with Crippen molar-refractivity contribution >= 4 is 5.91 Å².